The molecule has 0 aromatic rings. The predicted octanol–water partition coefficient (Wildman–Crippen LogP) is 0.458. The summed E-state index contributed by atoms with van der Waals surface area (Å²) in [7, 11) is 3.54. The van der Waals surface area contributed by atoms with Crippen LogP contribution in [0.3, 0.4) is 0 Å². The smallest absolute Gasteiger partial charge is 0.220 e. The number of nitrogens with one attached hydrogen (secondary N) is 3. The zero-order chi connectivity index (χ0) is 11.1. The van der Waals surface area contributed by atoms with Gasteiger partial charge in [-0.3, -0.25) is 9.79 Å². The van der Waals surface area contributed by atoms with E-state index in [0.717, 1.165) is 31.8 Å². The van der Waals surface area contributed by atoms with Crippen LogP contribution in [-0.4, -0.2) is 38.5 Å². The summed E-state index contributed by atoms with van der Waals surface area (Å²) >= 11 is 0. The molecule has 6 heteroatoms. The molecular formula is C10H21IN4O. The van der Waals surface area contributed by atoms with Crippen LogP contribution in [0.1, 0.15) is 25.7 Å². The van der Waals surface area contributed by atoms with E-state index >= 15 is 0 Å². The summed E-state index contributed by atoms with van der Waals surface area (Å²) in [5.74, 6) is 0.927. The summed E-state index contributed by atoms with van der Waals surface area (Å²) in [4.78, 5) is 15.3. The maximum atomic E-state index is 11.3. The van der Waals surface area contributed by atoms with Crippen molar-refractivity contribution in [2.24, 2.45) is 4.99 Å². The molecule has 0 atom stereocenters. The fourth-order valence-corrected chi connectivity index (χ4v) is 1.26. The Morgan fingerprint density at radius 2 is 2.12 bits per heavy atom. The highest BCUT2D eigenvalue weighted by Gasteiger charge is 2.22. The minimum Gasteiger partial charge on any atom is -0.359 e. The van der Waals surface area contributed by atoms with Crippen LogP contribution in [-0.2, 0) is 4.79 Å². The largest absolute Gasteiger partial charge is 0.359 e. The second-order valence-corrected chi connectivity index (χ2v) is 3.69. The van der Waals surface area contributed by atoms with Crippen LogP contribution in [0.2, 0.25) is 0 Å². The Kier molecular flexibility index (Phi) is 8.32. The number of halogens is 1. The fourth-order valence-electron chi connectivity index (χ4n) is 1.26. The van der Waals surface area contributed by atoms with Crippen molar-refractivity contribution in [2.45, 2.75) is 31.7 Å². The summed E-state index contributed by atoms with van der Waals surface area (Å²) in [6.07, 6.45) is 3.72. The molecule has 0 aromatic carbocycles. The van der Waals surface area contributed by atoms with Gasteiger partial charge >= 0.3 is 0 Å². The molecule has 1 aliphatic rings. The third kappa shape index (κ3) is 6.86. The number of carbonyl (C=O) groups is 1. The molecule has 16 heavy (non-hydrogen) atoms. The molecule has 0 radical (unpaired) electrons. The number of carbonyl (C=O) groups excluding carboxylic acids is 1. The van der Waals surface area contributed by atoms with E-state index in [4.69, 9.17) is 0 Å². The van der Waals surface area contributed by atoms with E-state index in [9.17, 15) is 4.79 Å². The molecule has 0 spiro atoms. The molecule has 0 unspecified atom stereocenters. The van der Waals surface area contributed by atoms with Gasteiger partial charge in [-0.15, -0.1) is 24.0 Å². The SMILES string of the molecule is CN=C(NC)NCCCC(=O)NC1CC1.I. The molecular weight excluding hydrogens is 319 g/mol. The van der Waals surface area contributed by atoms with E-state index in [1.165, 1.54) is 0 Å². The number of nitrogens with zero attached hydrogens (tertiary/aromatic N) is 1. The van der Waals surface area contributed by atoms with Gasteiger partial charge in [-0.1, -0.05) is 0 Å². The van der Waals surface area contributed by atoms with Gasteiger partial charge in [-0.2, -0.15) is 0 Å². The minimum absolute atomic E-state index is 0. The van der Waals surface area contributed by atoms with Gasteiger partial charge in [0.2, 0.25) is 5.91 Å². The van der Waals surface area contributed by atoms with Gasteiger partial charge < -0.3 is 16.0 Å². The normalized spacial score (nSPS) is 15.0. The van der Waals surface area contributed by atoms with Crippen LogP contribution < -0.4 is 16.0 Å². The molecule has 0 heterocycles. The monoisotopic (exact) mass is 340 g/mol. The van der Waals surface area contributed by atoms with E-state index in [-0.39, 0.29) is 29.9 Å². The van der Waals surface area contributed by atoms with Crippen molar-refractivity contribution >= 4 is 35.8 Å². The van der Waals surface area contributed by atoms with Crippen LogP contribution in [0.4, 0.5) is 0 Å². The zero-order valence-corrected chi connectivity index (χ0v) is 12.2. The van der Waals surface area contributed by atoms with Crippen molar-refractivity contribution in [3.8, 4) is 0 Å². The molecule has 0 bridgehead atoms. The first-order chi connectivity index (χ1) is 7.26. The van der Waals surface area contributed by atoms with Gasteiger partial charge in [0.15, 0.2) is 5.96 Å². The van der Waals surface area contributed by atoms with E-state index < -0.39 is 0 Å². The molecule has 0 saturated heterocycles. The number of hydrogen-bond acceptors (Lipinski definition) is 2. The summed E-state index contributed by atoms with van der Waals surface area (Å²) in [6, 6.07) is 0.468. The van der Waals surface area contributed by atoms with Crippen LogP contribution in [0.15, 0.2) is 4.99 Å². The number of amides is 1. The average Bonchev–Trinajstić information content (AvgIpc) is 3.02. The van der Waals surface area contributed by atoms with Gasteiger partial charge in [0.25, 0.3) is 0 Å². The lowest BCUT2D eigenvalue weighted by Gasteiger charge is -2.08. The minimum atomic E-state index is 0. The Balaban J connectivity index is 0.00000225. The molecule has 1 aliphatic carbocycles. The van der Waals surface area contributed by atoms with Gasteiger partial charge in [0.05, 0.1) is 0 Å². The highest BCUT2D eigenvalue weighted by Crippen LogP contribution is 2.18. The third-order valence-electron chi connectivity index (χ3n) is 2.28. The second-order valence-electron chi connectivity index (χ2n) is 3.69. The van der Waals surface area contributed by atoms with Gasteiger partial charge in [-0.25, -0.2) is 0 Å². The second kappa shape index (κ2) is 8.60. The lowest BCUT2D eigenvalue weighted by Crippen LogP contribution is -2.35. The fraction of sp³-hybridized carbons (Fsp3) is 0.800. The third-order valence-corrected chi connectivity index (χ3v) is 2.28. The highest BCUT2D eigenvalue weighted by molar-refractivity contribution is 14.0. The molecule has 0 aliphatic heterocycles. The summed E-state index contributed by atoms with van der Waals surface area (Å²) in [6.45, 7) is 0.769. The van der Waals surface area contributed by atoms with E-state index in [1.54, 1.807) is 7.05 Å². The van der Waals surface area contributed by atoms with Crippen molar-refractivity contribution in [3.63, 3.8) is 0 Å². The molecule has 1 saturated carbocycles. The summed E-state index contributed by atoms with van der Waals surface area (Å²) in [5.41, 5.74) is 0. The van der Waals surface area contributed by atoms with Crippen molar-refractivity contribution in [1.29, 1.82) is 0 Å². The topological polar surface area (TPSA) is 65.5 Å². The molecule has 3 N–H and O–H groups in total. The van der Waals surface area contributed by atoms with Gasteiger partial charge in [-0.05, 0) is 19.3 Å². The van der Waals surface area contributed by atoms with Gasteiger partial charge in [0.1, 0.15) is 0 Å². The Hall–Kier alpha value is -0.530. The van der Waals surface area contributed by atoms with E-state index in [1.807, 2.05) is 7.05 Å². The van der Waals surface area contributed by atoms with E-state index in [0.29, 0.717) is 12.5 Å². The quantitative estimate of drug-likeness (QED) is 0.295. The van der Waals surface area contributed by atoms with Crippen molar-refractivity contribution < 1.29 is 4.79 Å². The average molecular weight is 340 g/mol. The van der Waals surface area contributed by atoms with Crippen LogP contribution >= 0.6 is 24.0 Å². The van der Waals surface area contributed by atoms with Crippen molar-refractivity contribution in [3.05, 3.63) is 0 Å². The van der Waals surface area contributed by atoms with Gasteiger partial charge in [0, 0.05) is 33.1 Å². The summed E-state index contributed by atoms with van der Waals surface area (Å²) < 4.78 is 0. The van der Waals surface area contributed by atoms with Crippen LogP contribution in [0.5, 0.6) is 0 Å². The molecule has 1 amide bonds. The number of hydrogen-bond donors (Lipinski definition) is 3. The first-order valence-electron chi connectivity index (χ1n) is 5.44. The Morgan fingerprint density at radius 3 is 2.62 bits per heavy atom. The zero-order valence-electron chi connectivity index (χ0n) is 9.88. The van der Waals surface area contributed by atoms with Crippen molar-refractivity contribution in [1.82, 2.24) is 16.0 Å². The first kappa shape index (κ1) is 15.5. The molecule has 1 fully saturated rings. The lowest BCUT2D eigenvalue weighted by atomic mass is 10.3. The Morgan fingerprint density at radius 1 is 1.44 bits per heavy atom. The number of aliphatic imine (C=N–C) groups is 1. The maximum absolute atomic E-state index is 11.3. The van der Waals surface area contributed by atoms with E-state index in [2.05, 4.69) is 20.9 Å². The molecule has 1 rings (SSSR count). The number of rotatable bonds is 5. The van der Waals surface area contributed by atoms with Crippen LogP contribution in [0, 0.1) is 0 Å². The maximum Gasteiger partial charge on any atom is 0.220 e. The predicted molar refractivity (Wildman–Crippen MR) is 76.2 cm³/mol. The standard InChI is InChI=1S/C10H20N4O.HI/c1-11-10(12-2)13-7-3-4-9(15)14-8-5-6-8;/h8H,3-7H2,1-2H3,(H,14,15)(H2,11,12,13);1H. The first-order valence-corrected chi connectivity index (χ1v) is 5.44. The van der Waals surface area contributed by atoms with Crippen LogP contribution in [0.25, 0.3) is 0 Å². The number of guanidine groups is 1. The molecule has 0 aromatic heterocycles. The summed E-state index contributed by atoms with van der Waals surface area (Å²) in [5, 5.41) is 8.98. The Bertz CT molecular complexity index is 241. The van der Waals surface area contributed by atoms with Crippen molar-refractivity contribution in [2.75, 3.05) is 20.6 Å². The molecule has 5 nitrogen and oxygen atoms in total. The molecule has 94 valence electrons. The lowest BCUT2D eigenvalue weighted by molar-refractivity contribution is -0.121. The Labute approximate surface area is 114 Å². The highest BCUT2D eigenvalue weighted by atomic mass is 127.